The maximum Gasteiger partial charge on any atom is 0.319 e. The lowest BCUT2D eigenvalue weighted by molar-refractivity contribution is -0.141. The number of carbonyl (C=O) groups is 2. The lowest BCUT2D eigenvalue weighted by Crippen LogP contribution is -2.54. The first kappa shape index (κ1) is 25.2. The smallest absolute Gasteiger partial charge is 0.319 e. The number of nitrogens with two attached hydrogens (primary N) is 1. The Kier molecular flexibility index (Phi) is 7.25. The molecule has 0 spiro atoms. The Morgan fingerprint density at radius 1 is 1.17 bits per heavy atom. The standard InChI is InChI=1S/C26H33N7O3/c1-26(30-16-23(34)36-3,25(35)33-12-4-5-13-33)18-8-11-21-20(14-18)31-22(32(21)2)15-29-19-9-6-17(7-10-19)24(27)28/h6-11,14,29-30H,4-5,12-13,15-16H2,1-3H3,(H3,27,28). The highest BCUT2D eigenvalue weighted by atomic mass is 16.5. The molecule has 0 saturated carbocycles. The number of fused-ring (bicyclic) bond motifs is 1. The highest BCUT2D eigenvalue weighted by molar-refractivity contribution is 5.95. The molecule has 1 aromatic heterocycles. The van der Waals surface area contributed by atoms with E-state index in [0.717, 1.165) is 41.0 Å². The van der Waals surface area contributed by atoms with Gasteiger partial charge in [0.15, 0.2) is 0 Å². The van der Waals surface area contributed by atoms with E-state index >= 15 is 0 Å². The zero-order valence-electron chi connectivity index (χ0n) is 20.9. The zero-order chi connectivity index (χ0) is 25.9. The summed E-state index contributed by atoms with van der Waals surface area (Å²) in [5, 5.41) is 14.0. The fourth-order valence-corrected chi connectivity index (χ4v) is 4.53. The molecule has 10 heteroatoms. The minimum absolute atomic E-state index is 0.0315. The lowest BCUT2D eigenvalue weighted by atomic mass is 9.89. The van der Waals surface area contributed by atoms with Crippen LogP contribution in [-0.2, 0) is 33.5 Å². The number of hydrogen-bond donors (Lipinski definition) is 4. The van der Waals surface area contributed by atoms with Crippen molar-refractivity contribution in [2.24, 2.45) is 12.8 Å². The number of aryl methyl sites for hydroxylation is 1. The molecule has 2 heterocycles. The molecule has 0 radical (unpaired) electrons. The molecule has 0 aliphatic carbocycles. The number of likely N-dealkylation sites (tertiary alicyclic amines) is 1. The summed E-state index contributed by atoms with van der Waals surface area (Å²) < 4.78 is 6.80. The number of imidazole rings is 1. The molecule has 1 aliphatic rings. The topological polar surface area (TPSA) is 138 Å². The van der Waals surface area contributed by atoms with Gasteiger partial charge in [0.1, 0.15) is 17.2 Å². The molecule has 1 fully saturated rings. The van der Waals surface area contributed by atoms with Crippen molar-refractivity contribution in [1.29, 1.82) is 5.41 Å². The van der Waals surface area contributed by atoms with Crippen LogP contribution >= 0.6 is 0 Å². The minimum Gasteiger partial charge on any atom is -0.468 e. The van der Waals surface area contributed by atoms with E-state index in [9.17, 15) is 9.59 Å². The molecule has 4 rings (SSSR count). The van der Waals surface area contributed by atoms with Crippen LogP contribution in [-0.4, -0.2) is 58.9 Å². The second-order valence-electron chi connectivity index (χ2n) is 9.19. The number of amides is 1. The van der Waals surface area contributed by atoms with Gasteiger partial charge in [0, 0.05) is 31.4 Å². The van der Waals surface area contributed by atoms with Crippen molar-refractivity contribution in [2.75, 3.05) is 32.1 Å². The van der Waals surface area contributed by atoms with E-state index < -0.39 is 11.5 Å². The number of carbonyl (C=O) groups excluding carboxylic acids is 2. The second kappa shape index (κ2) is 10.4. The number of nitrogen functional groups attached to an aromatic ring is 1. The number of ether oxygens (including phenoxy) is 1. The van der Waals surface area contributed by atoms with Gasteiger partial charge in [-0.15, -0.1) is 0 Å². The Bertz CT molecular complexity index is 1280. The third-order valence-corrected chi connectivity index (χ3v) is 6.83. The molecule has 36 heavy (non-hydrogen) atoms. The van der Waals surface area contributed by atoms with Gasteiger partial charge in [-0.3, -0.25) is 20.3 Å². The SMILES string of the molecule is COC(=O)CNC(C)(C(=O)N1CCCC1)c1ccc2c(c1)nc(CNc1ccc(C(=N)N)cc1)n2C. The number of nitrogens with one attached hydrogen (secondary N) is 3. The second-order valence-corrected chi connectivity index (χ2v) is 9.19. The van der Waals surface area contributed by atoms with Crippen LogP contribution in [0.5, 0.6) is 0 Å². The maximum absolute atomic E-state index is 13.6. The summed E-state index contributed by atoms with van der Waals surface area (Å²) in [7, 11) is 3.28. The van der Waals surface area contributed by atoms with Crippen molar-refractivity contribution >= 4 is 34.4 Å². The van der Waals surface area contributed by atoms with Crippen molar-refractivity contribution in [3.8, 4) is 0 Å². The number of rotatable bonds is 9. The number of benzene rings is 2. The van der Waals surface area contributed by atoms with Crippen LogP contribution < -0.4 is 16.4 Å². The van der Waals surface area contributed by atoms with E-state index in [1.54, 1.807) is 12.1 Å². The molecule has 190 valence electrons. The maximum atomic E-state index is 13.6. The molecular formula is C26H33N7O3. The fraction of sp³-hybridized carbons (Fsp3) is 0.385. The Balaban J connectivity index is 1.60. The third-order valence-electron chi connectivity index (χ3n) is 6.83. The van der Waals surface area contributed by atoms with E-state index in [4.69, 9.17) is 20.9 Å². The average Bonchev–Trinajstić information content (AvgIpc) is 3.53. The summed E-state index contributed by atoms with van der Waals surface area (Å²) in [6.45, 7) is 3.65. The molecule has 1 saturated heterocycles. The van der Waals surface area contributed by atoms with Crippen LogP contribution in [0.4, 0.5) is 5.69 Å². The number of esters is 1. The summed E-state index contributed by atoms with van der Waals surface area (Å²) in [5.41, 5.74) is 8.44. The van der Waals surface area contributed by atoms with E-state index in [1.807, 2.05) is 53.8 Å². The molecule has 1 unspecified atom stereocenters. The number of methoxy groups -OCH3 is 1. The van der Waals surface area contributed by atoms with E-state index in [0.29, 0.717) is 25.2 Å². The summed E-state index contributed by atoms with van der Waals surface area (Å²) in [5.74, 6) is 0.367. The van der Waals surface area contributed by atoms with Gasteiger partial charge < -0.3 is 25.3 Å². The first-order valence-electron chi connectivity index (χ1n) is 12.0. The lowest BCUT2D eigenvalue weighted by Gasteiger charge is -2.33. The first-order valence-corrected chi connectivity index (χ1v) is 12.0. The van der Waals surface area contributed by atoms with Gasteiger partial charge >= 0.3 is 5.97 Å². The normalized spacial score (nSPS) is 15.0. The van der Waals surface area contributed by atoms with Crippen LogP contribution in [0.3, 0.4) is 0 Å². The van der Waals surface area contributed by atoms with Crippen LogP contribution in [0.2, 0.25) is 0 Å². The van der Waals surface area contributed by atoms with Crippen LogP contribution in [0.25, 0.3) is 11.0 Å². The summed E-state index contributed by atoms with van der Waals surface area (Å²) in [4.78, 5) is 32.1. The van der Waals surface area contributed by atoms with Gasteiger partial charge in [0.05, 0.1) is 31.2 Å². The Morgan fingerprint density at radius 2 is 1.86 bits per heavy atom. The Hall–Kier alpha value is -3.92. The number of aromatic nitrogens is 2. The molecule has 5 N–H and O–H groups in total. The molecule has 1 aliphatic heterocycles. The zero-order valence-corrected chi connectivity index (χ0v) is 20.9. The van der Waals surface area contributed by atoms with Crippen molar-refractivity contribution in [3.05, 3.63) is 59.4 Å². The van der Waals surface area contributed by atoms with Crippen molar-refractivity contribution < 1.29 is 14.3 Å². The molecule has 1 atom stereocenters. The molecule has 10 nitrogen and oxygen atoms in total. The van der Waals surface area contributed by atoms with Crippen molar-refractivity contribution in [3.63, 3.8) is 0 Å². The van der Waals surface area contributed by atoms with Gasteiger partial charge in [-0.1, -0.05) is 6.07 Å². The monoisotopic (exact) mass is 491 g/mol. The van der Waals surface area contributed by atoms with Crippen molar-refractivity contribution in [2.45, 2.75) is 31.8 Å². The molecular weight excluding hydrogens is 458 g/mol. The fourth-order valence-electron chi connectivity index (χ4n) is 4.53. The Morgan fingerprint density at radius 3 is 2.50 bits per heavy atom. The number of anilines is 1. The van der Waals surface area contributed by atoms with Gasteiger partial charge in [-0.25, -0.2) is 4.98 Å². The average molecular weight is 492 g/mol. The molecule has 3 aromatic rings. The van der Waals surface area contributed by atoms with E-state index in [2.05, 4.69) is 10.6 Å². The third kappa shape index (κ3) is 5.03. The predicted molar refractivity (Wildman–Crippen MR) is 139 cm³/mol. The van der Waals surface area contributed by atoms with Gasteiger partial charge in [-0.2, -0.15) is 0 Å². The highest BCUT2D eigenvalue weighted by Gasteiger charge is 2.39. The summed E-state index contributed by atoms with van der Waals surface area (Å²) in [6, 6.07) is 13.1. The van der Waals surface area contributed by atoms with E-state index in [1.165, 1.54) is 7.11 Å². The quantitative estimate of drug-likeness (QED) is 0.204. The van der Waals surface area contributed by atoms with Crippen molar-refractivity contribution in [1.82, 2.24) is 19.8 Å². The minimum atomic E-state index is -1.10. The van der Waals surface area contributed by atoms with Crippen LogP contribution in [0.15, 0.2) is 42.5 Å². The number of hydrogen-bond acceptors (Lipinski definition) is 7. The number of amidine groups is 1. The summed E-state index contributed by atoms with van der Waals surface area (Å²) in [6.07, 6.45) is 1.96. The van der Waals surface area contributed by atoms with Gasteiger partial charge in [-0.05, 0) is 61.7 Å². The first-order chi connectivity index (χ1) is 17.2. The predicted octanol–water partition coefficient (Wildman–Crippen LogP) is 2.07. The highest BCUT2D eigenvalue weighted by Crippen LogP contribution is 2.29. The van der Waals surface area contributed by atoms with Gasteiger partial charge in [0.2, 0.25) is 5.91 Å². The largest absolute Gasteiger partial charge is 0.468 e. The van der Waals surface area contributed by atoms with Crippen LogP contribution in [0, 0.1) is 5.41 Å². The Labute approximate surface area is 210 Å². The van der Waals surface area contributed by atoms with E-state index in [-0.39, 0.29) is 18.3 Å². The molecule has 2 aromatic carbocycles. The number of nitrogens with zero attached hydrogens (tertiary/aromatic N) is 3. The van der Waals surface area contributed by atoms with Crippen LogP contribution in [0.1, 0.15) is 36.7 Å². The molecule has 0 bridgehead atoms. The van der Waals surface area contributed by atoms with Gasteiger partial charge in [0.25, 0.3) is 0 Å². The summed E-state index contributed by atoms with van der Waals surface area (Å²) >= 11 is 0. The molecule has 1 amide bonds.